The molecule has 2 aromatic rings. The molecule has 0 radical (unpaired) electrons. The van der Waals surface area contributed by atoms with E-state index in [1.807, 2.05) is 24.0 Å². The quantitative estimate of drug-likeness (QED) is 0.936. The molecule has 0 saturated carbocycles. The van der Waals surface area contributed by atoms with Gasteiger partial charge in [-0.3, -0.25) is 4.79 Å². The lowest BCUT2D eigenvalue weighted by molar-refractivity contribution is -0.132. The van der Waals surface area contributed by atoms with Gasteiger partial charge in [-0.15, -0.1) is 11.3 Å². The van der Waals surface area contributed by atoms with Crippen molar-refractivity contribution in [1.82, 2.24) is 4.90 Å². The van der Waals surface area contributed by atoms with E-state index in [0.717, 1.165) is 25.2 Å². The molecule has 0 bridgehead atoms. The van der Waals surface area contributed by atoms with Crippen LogP contribution in [-0.2, 0) is 17.8 Å². The van der Waals surface area contributed by atoms with Crippen molar-refractivity contribution in [3.8, 4) is 0 Å². The summed E-state index contributed by atoms with van der Waals surface area (Å²) in [6.07, 6.45) is 0.981. The molecule has 22 heavy (non-hydrogen) atoms. The van der Waals surface area contributed by atoms with Gasteiger partial charge >= 0.3 is 0 Å². The Morgan fingerprint density at radius 2 is 2.14 bits per heavy atom. The van der Waals surface area contributed by atoms with Crippen molar-refractivity contribution in [3.63, 3.8) is 0 Å². The van der Waals surface area contributed by atoms with Gasteiger partial charge in [-0.1, -0.05) is 12.1 Å². The summed E-state index contributed by atoms with van der Waals surface area (Å²) in [7, 11) is 0. The molecule has 0 fully saturated rings. The molecule has 116 valence electrons. The van der Waals surface area contributed by atoms with Crippen molar-refractivity contribution in [3.05, 3.63) is 51.2 Å². The van der Waals surface area contributed by atoms with Gasteiger partial charge in [0.05, 0.1) is 0 Å². The summed E-state index contributed by atoms with van der Waals surface area (Å²) in [4.78, 5) is 16.1. The maximum atomic E-state index is 12.7. The Kier molecular flexibility index (Phi) is 4.21. The van der Waals surface area contributed by atoms with Crippen molar-refractivity contribution in [1.29, 1.82) is 0 Å². The first-order chi connectivity index (χ1) is 10.6. The van der Waals surface area contributed by atoms with Crippen LogP contribution >= 0.6 is 11.3 Å². The van der Waals surface area contributed by atoms with Gasteiger partial charge in [-0.25, -0.2) is 0 Å². The van der Waals surface area contributed by atoms with Crippen LogP contribution in [-0.4, -0.2) is 23.4 Å². The molecule has 1 atom stereocenters. The summed E-state index contributed by atoms with van der Waals surface area (Å²) in [6, 6.07) is 8.10. The molecule has 0 aliphatic carbocycles. The molecule has 4 heteroatoms. The molecule has 1 amide bonds. The Balaban J connectivity index is 1.69. The Labute approximate surface area is 136 Å². The lowest BCUT2D eigenvalue weighted by Crippen LogP contribution is -2.43. The summed E-state index contributed by atoms with van der Waals surface area (Å²) in [5.41, 5.74) is 4.81. The summed E-state index contributed by atoms with van der Waals surface area (Å²) < 4.78 is 0. The van der Waals surface area contributed by atoms with Gasteiger partial charge < -0.3 is 10.2 Å². The summed E-state index contributed by atoms with van der Waals surface area (Å²) >= 11 is 1.80. The van der Waals surface area contributed by atoms with E-state index in [1.54, 1.807) is 11.3 Å². The van der Waals surface area contributed by atoms with Crippen LogP contribution in [0.25, 0.3) is 0 Å². The number of aryl methyl sites for hydroxylation is 1. The monoisotopic (exact) mass is 314 g/mol. The maximum Gasteiger partial charge on any atom is 0.245 e. The molecular formula is C18H22N2OS. The third kappa shape index (κ3) is 2.88. The first-order valence-corrected chi connectivity index (χ1v) is 8.61. The standard InChI is InChI=1S/C18H22N2OS/c1-12-5-4-6-16(13(12)2)19-14(3)18(21)20-9-7-17-15(11-20)8-10-22-17/h4-6,8,10,14,19H,7,9,11H2,1-3H3. The fourth-order valence-corrected chi connectivity index (χ4v) is 3.80. The fourth-order valence-electron chi connectivity index (χ4n) is 2.91. The zero-order valence-corrected chi connectivity index (χ0v) is 14.2. The molecular weight excluding hydrogens is 292 g/mol. The van der Waals surface area contributed by atoms with Gasteiger partial charge in [-0.05, 0) is 61.4 Å². The predicted octanol–water partition coefficient (Wildman–Crippen LogP) is 3.75. The summed E-state index contributed by atoms with van der Waals surface area (Å²) in [5, 5.41) is 5.50. The maximum absolute atomic E-state index is 12.7. The van der Waals surface area contributed by atoms with Gasteiger partial charge in [0.15, 0.2) is 0 Å². The van der Waals surface area contributed by atoms with Crippen LogP contribution < -0.4 is 5.32 Å². The van der Waals surface area contributed by atoms with E-state index in [9.17, 15) is 4.79 Å². The average Bonchev–Trinajstić information content (AvgIpc) is 2.98. The van der Waals surface area contributed by atoms with Gasteiger partial charge in [-0.2, -0.15) is 0 Å². The highest BCUT2D eigenvalue weighted by molar-refractivity contribution is 7.10. The van der Waals surface area contributed by atoms with Crippen LogP contribution in [0.3, 0.4) is 0 Å². The first kappa shape index (κ1) is 15.1. The Bertz CT molecular complexity index is 692. The number of benzene rings is 1. The molecule has 1 N–H and O–H groups in total. The van der Waals surface area contributed by atoms with Crippen LogP contribution in [0.15, 0.2) is 29.6 Å². The van der Waals surface area contributed by atoms with Gasteiger partial charge in [0.2, 0.25) is 5.91 Å². The third-order valence-electron chi connectivity index (χ3n) is 4.47. The lowest BCUT2D eigenvalue weighted by atomic mass is 10.1. The highest BCUT2D eigenvalue weighted by atomic mass is 32.1. The summed E-state index contributed by atoms with van der Waals surface area (Å²) in [6.45, 7) is 7.71. The molecule has 1 unspecified atom stereocenters. The Hall–Kier alpha value is -1.81. The Morgan fingerprint density at radius 1 is 1.32 bits per heavy atom. The predicted molar refractivity (Wildman–Crippen MR) is 92.4 cm³/mol. The number of amides is 1. The number of carbonyl (C=O) groups excluding carboxylic acids is 1. The second-order valence-corrected chi connectivity index (χ2v) is 6.99. The van der Waals surface area contributed by atoms with E-state index in [0.29, 0.717) is 0 Å². The number of hydrogen-bond acceptors (Lipinski definition) is 3. The number of fused-ring (bicyclic) bond motifs is 1. The fraction of sp³-hybridized carbons (Fsp3) is 0.389. The largest absolute Gasteiger partial charge is 0.374 e. The minimum atomic E-state index is -0.208. The van der Waals surface area contributed by atoms with Crippen LogP contribution in [0.5, 0.6) is 0 Å². The van der Waals surface area contributed by atoms with E-state index in [1.165, 1.54) is 21.6 Å². The van der Waals surface area contributed by atoms with Crippen molar-refractivity contribution < 1.29 is 4.79 Å². The van der Waals surface area contributed by atoms with Crippen LogP contribution in [0.1, 0.15) is 28.5 Å². The van der Waals surface area contributed by atoms with Crippen LogP contribution in [0.4, 0.5) is 5.69 Å². The number of nitrogens with one attached hydrogen (secondary N) is 1. The van der Waals surface area contributed by atoms with Crippen molar-refractivity contribution >= 4 is 22.9 Å². The highest BCUT2D eigenvalue weighted by Crippen LogP contribution is 2.25. The number of rotatable bonds is 3. The molecule has 3 nitrogen and oxygen atoms in total. The zero-order valence-electron chi connectivity index (χ0n) is 13.3. The number of hydrogen-bond donors (Lipinski definition) is 1. The molecule has 1 aliphatic heterocycles. The smallest absolute Gasteiger partial charge is 0.245 e. The second-order valence-electron chi connectivity index (χ2n) is 5.99. The molecule has 2 heterocycles. The minimum absolute atomic E-state index is 0.178. The van der Waals surface area contributed by atoms with E-state index in [4.69, 9.17) is 0 Å². The van der Waals surface area contributed by atoms with Gasteiger partial charge in [0.25, 0.3) is 0 Å². The van der Waals surface area contributed by atoms with E-state index in [-0.39, 0.29) is 11.9 Å². The first-order valence-electron chi connectivity index (χ1n) is 7.73. The van der Waals surface area contributed by atoms with Crippen molar-refractivity contribution in [2.75, 3.05) is 11.9 Å². The molecule has 1 aliphatic rings. The van der Waals surface area contributed by atoms with Gasteiger partial charge in [0, 0.05) is 23.7 Å². The molecule has 1 aromatic heterocycles. The number of thiophene rings is 1. The van der Waals surface area contributed by atoms with E-state index >= 15 is 0 Å². The molecule has 0 saturated heterocycles. The summed E-state index contributed by atoms with van der Waals surface area (Å²) in [5.74, 6) is 0.178. The topological polar surface area (TPSA) is 32.3 Å². The average molecular weight is 314 g/mol. The second kappa shape index (κ2) is 6.13. The van der Waals surface area contributed by atoms with Gasteiger partial charge in [0.1, 0.15) is 6.04 Å². The number of anilines is 1. The van der Waals surface area contributed by atoms with Crippen LogP contribution in [0, 0.1) is 13.8 Å². The van der Waals surface area contributed by atoms with E-state index in [2.05, 4.69) is 36.7 Å². The zero-order chi connectivity index (χ0) is 15.7. The normalized spacial score (nSPS) is 15.3. The lowest BCUT2D eigenvalue weighted by Gasteiger charge is -2.30. The number of carbonyl (C=O) groups is 1. The van der Waals surface area contributed by atoms with Crippen molar-refractivity contribution in [2.45, 2.75) is 39.8 Å². The number of nitrogens with zero attached hydrogens (tertiary/aromatic N) is 1. The minimum Gasteiger partial charge on any atom is -0.374 e. The Morgan fingerprint density at radius 3 is 2.95 bits per heavy atom. The van der Waals surface area contributed by atoms with Crippen molar-refractivity contribution in [2.24, 2.45) is 0 Å². The molecule has 1 aromatic carbocycles. The molecule has 0 spiro atoms. The highest BCUT2D eigenvalue weighted by Gasteiger charge is 2.25. The van der Waals surface area contributed by atoms with Crippen LogP contribution in [0.2, 0.25) is 0 Å². The SMILES string of the molecule is Cc1cccc(NC(C)C(=O)N2CCc3sccc3C2)c1C. The van der Waals surface area contributed by atoms with E-state index < -0.39 is 0 Å². The molecule has 3 rings (SSSR count). The third-order valence-corrected chi connectivity index (χ3v) is 5.49.